The highest BCUT2D eigenvalue weighted by molar-refractivity contribution is 5.94. The molecule has 0 aliphatic rings. The first-order valence-corrected chi connectivity index (χ1v) is 8.86. The van der Waals surface area contributed by atoms with E-state index in [0.29, 0.717) is 18.0 Å². The lowest BCUT2D eigenvalue weighted by Crippen LogP contribution is -2.31. The summed E-state index contributed by atoms with van der Waals surface area (Å²) >= 11 is 0. The molecule has 2 aromatic carbocycles. The van der Waals surface area contributed by atoms with Gasteiger partial charge in [0.1, 0.15) is 0 Å². The van der Waals surface area contributed by atoms with Gasteiger partial charge in [-0.25, -0.2) is 0 Å². The lowest BCUT2D eigenvalue weighted by molar-refractivity contribution is -0.119. The first-order chi connectivity index (χ1) is 12.4. The van der Waals surface area contributed by atoms with E-state index >= 15 is 0 Å². The van der Waals surface area contributed by atoms with Crippen molar-refractivity contribution in [3.8, 4) is 0 Å². The van der Waals surface area contributed by atoms with Crippen LogP contribution in [0, 0.1) is 6.92 Å². The number of hydrogen-bond acceptors (Lipinski definition) is 3. The average molecular weight is 353 g/mol. The van der Waals surface area contributed by atoms with Crippen LogP contribution in [0.25, 0.3) is 0 Å². The number of nitrogens with two attached hydrogens (primary N) is 1. The van der Waals surface area contributed by atoms with Crippen LogP contribution in [0.5, 0.6) is 0 Å². The van der Waals surface area contributed by atoms with E-state index in [1.54, 1.807) is 18.2 Å². The Bertz CT molecular complexity index is 767. The quantitative estimate of drug-likeness (QED) is 0.682. The molecule has 0 aliphatic heterocycles. The molecule has 2 amide bonds. The Balaban J connectivity index is 1.79. The summed E-state index contributed by atoms with van der Waals surface area (Å²) in [7, 11) is 0. The van der Waals surface area contributed by atoms with Gasteiger partial charge in [-0.2, -0.15) is 0 Å². The van der Waals surface area contributed by atoms with Crippen LogP contribution in [0.2, 0.25) is 0 Å². The number of amides is 2. The van der Waals surface area contributed by atoms with E-state index in [4.69, 9.17) is 5.73 Å². The third kappa shape index (κ3) is 5.62. The molecule has 0 radical (unpaired) electrons. The molecule has 0 unspecified atom stereocenters. The van der Waals surface area contributed by atoms with Gasteiger partial charge in [0.25, 0.3) is 0 Å². The van der Waals surface area contributed by atoms with Crippen LogP contribution in [0.1, 0.15) is 46.8 Å². The molecule has 2 rings (SSSR count). The fourth-order valence-corrected chi connectivity index (χ4v) is 2.62. The minimum atomic E-state index is -0.485. The number of rotatable bonds is 8. The third-order valence-corrected chi connectivity index (χ3v) is 4.34. The van der Waals surface area contributed by atoms with Crippen molar-refractivity contribution in [1.82, 2.24) is 5.32 Å². The van der Waals surface area contributed by atoms with Crippen molar-refractivity contribution in [2.75, 3.05) is 18.4 Å². The van der Waals surface area contributed by atoms with Gasteiger partial charge in [0.2, 0.25) is 11.8 Å². The molecule has 26 heavy (non-hydrogen) atoms. The number of carbonyl (C=O) groups excluding carboxylic acids is 2. The molecule has 0 atom stereocenters. The summed E-state index contributed by atoms with van der Waals surface area (Å²) < 4.78 is 0. The predicted molar refractivity (Wildman–Crippen MR) is 105 cm³/mol. The Morgan fingerprint density at radius 3 is 2.38 bits per heavy atom. The zero-order valence-electron chi connectivity index (χ0n) is 15.6. The molecule has 0 heterocycles. The summed E-state index contributed by atoms with van der Waals surface area (Å²) in [6, 6.07) is 13.6. The van der Waals surface area contributed by atoms with Crippen molar-refractivity contribution in [3.63, 3.8) is 0 Å². The molecule has 0 spiro atoms. The maximum atomic E-state index is 12.0. The summed E-state index contributed by atoms with van der Waals surface area (Å²) in [6.45, 7) is 6.98. The summed E-state index contributed by atoms with van der Waals surface area (Å²) in [6.07, 6.45) is 0.792. The van der Waals surface area contributed by atoms with Crippen molar-refractivity contribution >= 4 is 17.5 Å². The predicted octanol–water partition coefficient (Wildman–Crippen LogP) is 2.99. The number of primary amides is 1. The second kappa shape index (κ2) is 9.04. The lowest BCUT2D eigenvalue weighted by atomic mass is 10.0. The Morgan fingerprint density at radius 2 is 1.77 bits per heavy atom. The molecule has 0 aliphatic carbocycles. The number of hydrogen-bond donors (Lipinski definition) is 3. The molecule has 0 aromatic heterocycles. The second-order valence-electron chi connectivity index (χ2n) is 6.74. The number of anilines is 1. The molecule has 4 N–H and O–H groups in total. The van der Waals surface area contributed by atoms with Crippen molar-refractivity contribution in [2.45, 2.75) is 33.1 Å². The second-order valence-corrected chi connectivity index (χ2v) is 6.74. The average Bonchev–Trinajstić information content (AvgIpc) is 2.61. The van der Waals surface area contributed by atoms with Gasteiger partial charge in [0.15, 0.2) is 0 Å². The molecule has 138 valence electrons. The number of carbonyl (C=O) groups is 2. The van der Waals surface area contributed by atoms with Crippen molar-refractivity contribution in [2.24, 2.45) is 5.73 Å². The lowest BCUT2D eigenvalue weighted by Gasteiger charge is -2.11. The number of aryl methyl sites for hydroxylation is 1. The molecule has 0 saturated carbocycles. The third-order valence-electron chi connectivity index (χ3n) is 4.34. The fraction of sp³-hybridized carbons (Fsp3) is 0.333. The SMILES string of the molecule is Cc1ccc(C(N)=O)cc1NCC(=O)NCCc1ccc(C(C)C)cc1. The van der Waals surface area contributed by atoms with Gasteiger partial charge < -0.3 is 16.4 Å². The highest BCUT2D eigenvalue weighted by Gasteiger charge is 2.07. The summed E-state index contributed by atoms with van der Waals surface area (Å²) in [5.74, 6) is -0.0555. The summed E-state index contributed by atoms with van der Waals surface area (Å²) in [4.78, 5) is 23.3. The van der Waals surface area contributed by atoms with Gasteiger partial charge in [0.05, 0.1) is 6.54 Å². The van der Waals surface area contributed by atoms with Crippen molar-refractivity contribution in [3.05, 3.63) is 64.7 Å². The van der Waals surface area contributed by atoms with Crippen LogP contribution < -0.4 is 16.4 Å². The molecule has 5 heteroatoms. The Hall–Kier alpha value is -2.82. The molecule has 0 fully saturated rings. The zero-order chi connectivity index (χ0) is 19.1. The van der Waals surface area contributed by atoms with Crippen molar-refractivity contribution < 1.29 is 9.59 Å². The van der Waals surface area contributed by atoms with E-state index in [1.807, 2.05) is 6.92 Å². The monoisotopic (exact) mass is 353 g/mol. The Morgan fingerprint density at radius 1 is 1.08 bits per heavy atom. The van der Waals surface area contributed by atoms with E-state index < -0.39 is 5.91 Å². The van der Waals surface area contributed by atoms with Gasteiger partial charge in [-0.15, -0.1) is 0 Å². The minimum Gasteiger partial charge on any atom is -0.376 e. The van der Waals surface area contributed by atoms with Gasteiger partial charge in [-0.3, -0.25) is 9.59 Å². The van der Waals surface area contributed by atoms with Crippen LogP contribution >= 0.6 is 0 Å². The summed E-state index contributed by atoms with van der Waals surface area (Å²) in [5, 5.41) is 5.96. The normalized spacial score (nSPS) is 10.6. The highest BCUT2D eigenvalue weighted by Crippen LogP contribution is 2.16. The molecular formula is C21H27N3O2. The zero-order valence-corrected chi connectivity index (χ0v) is 15.6. The first-order valence-electron chi connectivity index (χ1n) is 8.86. The molecule has 2 aromatic rings. The maximum absolute atomic E-state index is 12.0. The fourth-order valence-electron chi connectivity index (χ4n) is 2.62. The molecule has 0 saturated heterocycles. The van der Waals surface area contributed by atoms with Gasteiger partial charge in [0, 0.05) is 17.8 Å². The minimum absolute atomic E-state index is 0.0901. The van der Waals surface area contributed by atoms with E-state index in [0.717, 1.165) is 17.7 Å². The van der Waals surface area contributed by atoms with Crippen LogP contribution in [-0.4, -0.2) is 24.9 Å². The molecular weight excluding hydrogens is 326 g/mol. The van der Waals surface area contributed by atoms with E-state index in [-0.39, 0.29) is 12.5 Å². The Labute approximate surface area is 155 Å². The summed E-state index contributed by atoms with van der Waals surface area (Å²) in [5.41, 5.74) is 9.91. The first kappa shape index (κ1) is 19.5. The largest absolute Gasteiger partial charge is 0.376 e. The van der Waals surface area contributed by atoms with E-state index in [9.17, 15) is 9.59 Å². The van der Waals surface area contributed by atoms with Gasteiger partial charge in [-0.05, 0) is 48.1 Å². The molecule has 5 nitrogen and oxygen atoms in total. The number of nitrogens with one attached hydrogen (secondary N) is 2. The van der Waals surface area contributed by atoms with E-state index in [1.165, 1.54) is 11.1 Å². The maximum Gasteiger partial charge on any atom is 0.248 e. The van der Waals surface area contributed by atoms with Gasteiger partial charge >= 0.3 is 0 Å². The Kier molecular flexibility index (Phi) is 6.78. The van der Waals surface area contributed by atoms with Crippen LogP contribution in [0.15, 0.2) is 42.5 Å². The van der Waals surface area contributed by atoms with Crippen molar-refractivity contribution in [1.29, 1.82) is 0 Å². The van der Waals surface area contributed by atoms with Gasteiger partial charge in [-0.1, -0.05) is 44.2 Å². The standard InChI is InChI=1S/C21H27N3O2/c1-14(2)17-8-5-16(6-9-17)10-11-23-20(25)13-24-19-12-18(21(22)26)7-4-15(19)3/h4-9,12,14,24H,10-11,13H2,1-3H3,(H2,22,26)(H,23,25). The van der Waals surface area contributed by atoms with Crippen LogP contribution in [0.3, 0.4) is 0 Å². The van der Waals surface area contributed by atoms with Crippen LogP contribution in [-0.2, 0) is 11.2 Å². The number of benzene rings is 2. The van der Waals surface area contributed by atoms with Crippen LogP contribution in [0.4, 0.5) is 5.69 Å². The van der Waals surface area contributed by atoms with E-state index in [2.05, 4.69) is 48.7 Å². The smallest absolute Gasteiger partial charge is 0.248 e. The topological polar surface area (TPSA) is 84.2 Å². The highest BCUT2D eigenvalue weighted by atomic mass is 16.2. The molecule has 0 bridgehead atoms.